The fraction of sp³-hybridized carbons (Fsp3) is 0.278. The molecule has 1 aliphatic carbocycles. The maximum atomic E-state index is 12.2. The van der Waals surface area contributed by atoms with Crippen molar-refractivity contribution < 1.29 is 9.90 Å². The van der Waals surface area contributed by atoms with E-state index in [-0.39, 0.29) is 5.91 Å². The largest absolute Gasteiger partial charge is 0.390 e. The van der Waals surface area contributed by atoms with Crippen LogP contribution in [0.1, 0.15) is 28.8 Å². The summed E-state index contributed by atoms with van der Waals surface area (Å²) >= 11 is 0. The normalized spacial score (nSPS) is 17.0. The Morgan fingerprint density at radius 1 is 1.05 bits per heavy atom. The summed E-state index contributed by atoms with van der Waals surface area (Å²) in [6, 6.07) is 19.0. The minimum absolute atomic E-state index is 0.111. The van der Waals surface area contributed by atoms with Crippen LogP contribution < -0.4 is 5.32 Å². The van der Waals surface area contributed by atoms with Gasteiger partial charge in [0.2, 0.25) is 0 Å². The van der Waals surface area contributed by atoms with Crippen molar-refractivity contribution in [1.82, 2.24) is 5.32 Å². The smallest absolute Gasteiger partial charge is 0.251 e. The first-order valence-corrected chi connectivity index (χ1v) is 7.29. The van der Waals surface area contributed by atoms with Gasteiger partial charge in [-0.05, 0) is 30.5 Å². The molecular weight excluding hydrogens is 262 g/mol. The minimum atomic E-state index is -0.549. The molecule has 0 heterocycles. The first-order chi connectivity index (χ1) is 10.2. The molecule has 0 radical (unpaired) electrons. The second kappa shape index (κ2) is 5.70. The van der Waals surface area contributed by atoms with Gasteiger partial charge in [-0.1, -0.05) is 48.5 Å². The van der Waals surface area contributed by atoms with Crippen LogP contribution >= 0.6 is 0 Å². The molecule has 0 saturated heterocycles. The van der Waals surface area contributed by atoms with Crippen molar-refractivity contribution in [2.45, 2.75) is 30.9 Å². The highest BCUT2D eigenvalue weighted by Gasteiger charge is 2.50. The summed E-state index contributed by atoms with van der Waals surface area (Å²) in [7, 11) is 0. The molecule has 1 fully saturated rings. The maximum absolute atomic E-state index is 12.2. The van der Waals surface area contributed by atoms with Crippen molar-refractivity contribution >= 4 is 5.91 Å². The Kier molecular flexibility index (Phi) is 3.76. The summed E-state index contributed by atoms with van der Waals surface area (Å²) in [5.41, 5.74) is 1.27. The zero-order chi connectivity index (χ0) is 14.7. The van der Waals surface area contributed by atoms with Gasteiger partial charge in [-0.25, -0.2) is 0 Å². The van der Waals surface area contributed by atoms with Gasteiger partial charge >= 0.3 is 0 Å². The van der Waals surface area contributed by atoms with Crippen LogP contribution in [-0.4, -0.2) is 22.7 Å². The van der Waals surface area contributed by atoms with Crippen LogP contribution in [0.2, 0.25) is 0 Å². The lowest BCUT2D eigenvalue weighted by Gasteiger charge is -2.24. The molecule has 3 heteroatoms. The van der Waals surface area contributed by atoms with E-state index >= 15 is 0 Å². The number of benzene rings is 2. The molecule has 108 valence electrons. The van der Waals surface area contributed by atoms with Crippen LogP contribution in [0.5, 0.6) is 0 Å². The highest BCUT2D eigenvalue weighted by atomic mass is 16.3. The van der Waals surface area contributed by atoms with E-state index in [0.29, 0.717) is 12.0 Å². The molecule has 1 saturated carbocycles. The van der Waals surface area contributed by atoms with Crippen LogP contribution in [-0.2, 0) is 6.42 Å². The van der Waals surface area contributed by atoms with Crippen LogP contribution in [0.3, 0.4) is 0 Å². The predicted molar refractivity (Wildman–Crippen MR) is 82.0 cm³/mol. The molecule has 21 heavy (non-hydrogen) atoms. The van der Waals surface area contributed by atoms with Gasteiger partial charge in [0, 0.05) is 12.0 Å². The molecule has 1 atom stereocenters. The molecule has 3 nitrogen and oxygen atoms in total. The van der Waals surface area contributed by atoms with Gasteiger partial charge in [0.1, 0.15) is 0 Å². The SMILES string of the molecule is O=C(NC1(C(O)Cc2ccccc2)CC1)c1ccccc1. The summed E-state index contributed by atoms with van der Waals surface area (Å²) in [6.07, 6.45) is 1.68. The summed E-state index contributed by atoms with van der Waals surface area (Å²) < 4.78 is 0. The predicted octanol–water partition coefficient (Wildman–Crippen LogP) is 2.55. The third-order valence-electron chi connectivity index (χ3n) is 4.10. The van der Waals surface area contributed by atoms with E-state index in [9.17, 15) is 9.90 Å². The Hall–Kier alpha value is -2.13. The number of hydrogen-bond acceptors (Lipinski definition) is 2. The van der Waals surface area contributed by atoms with Gasteiger partial charge < -0.3 is 10.4 Å². The van der Waals surface area contributed by atoms with Crippen molar-refractivity contribution in [3.8, 4) is 0 Å². The Morgan fingerprint density at radius 2 is 1.62 bits per heavy atom. The standard InChI is InChI=1S/C18H19NO2/c20-16(13-14-7-3-1-4-8-14)18(11-12-18)19-17(21)15-9-5-2-6-10-15/h1-10,16,20H,11-13H2,(H,19,21). The van der Waals surface area contributed by atoms with E-state index in [2.05, 4.69) is 5.32 Å². The molecule has 1 amide bonds. The second-order valence-corrected chi connectivity index (χ2v) is 5.68. The Bertz CT molecular complexity index is 606. The zero-order valence-electron chi connectivity index (χ0n) is 11.8. The Labute approximate surface area is 124 Å². The van der Waals surface area contributed by atoms with E-state index < -0.39 is 11.6 Å². The average molecular weight is 281 g/mol. The average Bonchev–Trinajstić information content (AvgIpc) is 3.30. The lowest BCUT2D eigenvalue weighted by Crippen LogP contribution is -2.46. The molecule has 0 aliphatic heterocycles. The van der Waals surface area contributed by atoms with Crippen LogP contribution in [0.25, 0.3) is 0 Å². The van der Waals surface area contributed by atoms with E-state index in [1.54, 1.807) is 12.1 Å². The third kappa shape index (κ3) is 3.14. The maximum Gasteiger partial charge on any atom is 0.251 e. The number of hydrogen-bond donors (Lipinski definition) is 2. The molecule has 2 N–H and O–H groups in total. The van der Waals surface area contributed by atoms with Gasteiger partial charge in [0.05, 0.1) is 11.6 Å². The van der Waals surface area contributed by atoms with Crippen molar-refractivity contribution in [3.05, 3.63) is 71.8 Å². The quantitative estimate of drug-likeness (QED) is 0.885. The van der Waals surface area contributed by atoms with Gasteiger partial charge in [0.15, 0.2) is 0 Å². The number of carbonyl (C=O) groups excluding carboxylic acids is 1. The van der Waals surface area contributed by atoms with E-state index in [0.717, 1.165) is 18.4 Å². The first kappa shape index (κ1) is 13.8. The number of aliphatic hydroxyl groups excluding tert-OH is 1. The molecule has 0 bridgehead atoms. The summed E-state index contributed by atoms with van der Waals surface area (Å²) in [4.78, 5) is 12.2. The fourth-order valence-electron chi connectivity index (χ4n) is 2.60. The highest BCUT2D eigenvalue weighted by molar-refractivity contribution is 5.94. The monoisotopic (exact) mass is 281 g/mol. The van der Waals surface area contributed by atoms with Crippen molar-refractivity contribution in [2.24, 2.45) is 0 Å². The van der Waals surface area contributed by atoms with Crippen LogP contribution in [0.4, 0.5) is 0 Å². The molecule has 0 spiro atoms. The minimum Gasteiger partial charge on any atom is -0.390 e. The number of amides is 1. The van der Waals surface area contributed by atoms with E-state index in [4.69, 9.17) is 0 Å². The van der Waals surface area contributed by atoms with Crippen molar-refractivity contribution in [1.29, 1.82) is 0 Å². The van der Waals surface area contributed by atoms with Crippen molar-refractivity contribution in [3.63, 3.8) is 0 Å². The number of nitrogens with one attached hydrogen (secondary N) is 1. The molecule has 1 unspecified atom stereocenters. The lowest BCUT2D eigenvalue weighted by atomic mass is 10.00. The Balaban J connectivity index is 1.66. The van der Waals surface area contributed by atoms with E-state index in [1.165, 1.54) is 0 Å². The zero-order valence-corrected chi connectivity index (χ0v) is 11.8. The Morgan fingerprint density at radius 3 is 2.19 bits per heavy atom. The molecule has 0 aromatic heterocycles. The number of carbonyl (C=O) groups is 1. The highest BCUT2D eigenvalue weighted by Crippen LogP contribution is 2.40. The molecular formula is C18H19NO2. The molecule has 2 aromatic carbocycles. The van der Waals surface area contributed by atoms with E-state index in [1.807, 2.05) is 48.5 Å². The van der Waals surface area contributed by atoms with Gasteiger partial charge in [0.25, 0.3) is 5.91 Å². The van der Waals surface area contributed by atoms with Crippen LogP contribution in [0, 0.1) is 0 Å². The fourth-order valence-corrected chi connectivity index (χ4v) is 2.60. The topological polar surface area (TPSA) is 49.3 Å². The summed E-state index contributed by atoms with van der Waals surface area (Å²) in [5.74, 6) is -0.111. The third-order valence-corrected chi connectivity index (χ3v) is 4.10. The number of aliphatic hydroxyl groups is 1. The molecule has 3 rings (SSSR count). The summed E-state index contributed by atoms with van der Waals surface area (Å²) in [6.45, 7) is 0. The van der Waals surface area contributed by atoms with Crippen molar-refractivity contribution in [2.75, 3.05) is 0 Å². The number of rotatable bonds is 5. The lowest BCUT2D eigenvalue weighted by molar-refractivity contribution is 0.0795. The second-order valence-electron chi connectivity index (χ2n) is 5.68. The molecule has 1 aliphatic rings. The molecule has 2 aromatic rings. The first-order valence-electron chi connectivity index (χ1n) is 7.29. The van der Waals surface area contributed by atoms with Gasteiger partial charge in [-0.15, -0.1) is 0 Å². The van der Waals surface area contributed by atoms with Crippen LogP contribution in [0.15, 0.2) is 60.7 Å². The van der Waals surface area contributed by atoms with Gasteiger partial charge in [-0.3, -0.25) is 4.79 Å². The summed E-state index contributed by atoms with van der Waals surface area (Å²) in [5, 5.41) is 13.5. The van der Waals surface area contributed by atoms with Gasteiger partial charge in [-0.2, -0.15) is 0 Å².